The Hall–Kier alpha value is -1.37. The van der Waals surface area contributed by atoms with Crippen LogP contribution in [-0.4, -0.2) is 84.2 Å². The number of furan rings is 1. The number of aliphatic hydroxyl groups is 1. The van der Waals surface area contributed by atoms with Gasteiger partial charge in [-0.3, -0.25) is 9.69 Å². The minimum Gasteiger partial charge on any atom is -0.459 e. The van der Waals surface area contributed by atoms with Gasteiger partial charge in [-0.05, 0) is 20.0 Å². The molecule has 2 atom stereocenters. The van der Waals surface area contributed by atoms with Crippen molar-refractivity contribution in [1.82, 2.24) is 14.7 Å². The van der Waals surface area contributed by atoms with Crippen LogP contribution >= 0.6 is 0 Å². The molecule has 3 heterocycles. The maximum atomic E-state index is 12.4. The lowest BCUT2D eigenvalue weighted by molar-refractivity contribution is 0.0512. The molecule has 1 aromatic rings. The number of likely N-dealkylation sites (tertiary alicyclic amines) is 1. The summed E-state index contributed by atoms with van der Waals surface area (Å²) in [7, 11) is 2.11. The Balaban J connectivity index is 1.66. The van der Waals surface area contributed by atoms with Crippen LogP contribution in [0.1, 0.15) is 16.1 Å². The number of hydrogen-bond donors (Lipinski definition) is 1. The van der Waals surface area contributed by atoms with E-state index in [1.165, 1.54) is 6.26 Å². The highest BCUT2D eigenvalue weighted by Gasteiger charge is 2.39. The van der Waals surface area contributed by atoms with Gasteiger partial charge in [0.2, 0.25) is 0 Å². The maximum Gasteiger partial charge on any atom is 0.289 e. The van der Waals surface area contributed by atoms with Crippen molar-refractivity contribution >= 4 is 5.91 Å². The zero-order valence-electron chi connectivity index (χ0n) is 12.7. The Kier molecular flexibility index (Phi) is 4.01. The third-order valence-electron chi connectivity index (χ3n) is 4.61. The van der Waals surface area contributed by atoms with Crippen LogP contribution < -0.4 is 0 Å². The van der Waals surface area contributed by atoms with Gasteiger partial charge in [0.25, 0.3) is 5.91 Å². The number of aryl methyl sites for hydroxylation is 1. The first kappa shape index (κ1) is 14.6. The molecular formula is C15H23N3O3. The van der Waals surface area contributed by atoms with Crippen molar-refractivity contribution in [1.29, 1.82) is 0 Å². The first-order valence-electron chi connectivity index (χ1n) is 7.50. The van der Waals surface area contributed by atoms with Gasteiger partial charge in [-0.15, -0.1) is 0 Å². The smallest absolute Gasteiger partial charge is 0.289 e. The molecule has 1 amide bonds. The van der Waals surface area contributed by atoms with E-state index in [1.807, 2.05) is 6.92 Å². The number of carbonyl (C=O) groups is 1. The SMILES string of the molecule is Cc1ccoc1C(=O)N1C[C@H](O)[C@@H](N2CCN(C)CC2)C1. The van der Waals surface area contributed by atoms with E-state index in [9.17, 15) is 9.90 Å². The van der Waals surface area contributed by atoms with Crippen molar-refractivity contribution in [3.05, 3.63) is 23.7 Å². The molecule has 0 aliphatic carbocycles. The normalized spacial score (nSPS) is 28.2. The average Bonchev–Trinajstić information content (AvgIpc) is 3.05. The predicted molar refractivity (Wildman–Crippen MR) is 78.2 cm³/mol. The van der Waals surface area contributed by atoms with Gasteiger partial charge in [0.05, 0.1) is 18.4 Å². The first-order chi connectivity index (χ1) is 10.1. The van der Waals surface area contributed by atoms with Crippen LogP contribution in [0.5, 0.6) is 0 Å². The van der Waals surface area contributed by atoms with Gasteiger partial charge in [-0.25, -0.2) is 0 Å². The summed E-state index contributed by atoms with van der Waals surface area (Å²) in [6.07, 6.45) is 1.06. The van der Waals surface area contributed by atoms with Crippen LogP contribution in [0.3, 0.4) is 0 Å². The quantitative estimate of drug-likeness (QED) is 0.833. The predicted octanol–water partition coefficient (Wildman–Crippen LogP) is 0.0207. The van der Waals surface area contributed by atoms with Crippen LogP contribution in [0.25, 0.3) is 0 Å². The zero-order valence-corrected chi connectivity index (χ0v) is 12.7. The summed E-state index contributed by atoms with van der Waals surface area (Å²) in [6.45, 7) is 6.73. The molecule has 0 unspecified atom stereocenters. The standard InChI is InChI=1S/C15H23N3O3/c1-11-3-8-21-14(11)15(20)18-9-12(13(19)10-18)17-6-4-16(2)5-7-17/h3,8,12-13,19H,4-7,9-10H2,1-2H3/t12-,13-/m0/s1. The van der Waals surface area contributed by atoms with Crippen molar-refractivity contribution in [3.8, 4) is 0 Å². The van der Waals surface area contributed by atoms with Crippen molar-refractivity contribution in [2.45, 2.75) is 19.1 Å². The van der Waals surface area contributed by atoms with Crippen LogP contribution in [0.15, 0.2) is 16.7 Å². The van der Waals surface area contributed by atoms with E-state index in [0.717, 1.165) is 31.7 Å². The number of likely N-dealkylation sites (N-methyl/N-ethyl adjacent to an activating group) is 1. The van der Waals surface area contributed by atoms with Gasteiger partial charge in [0, 0.05) is 44.8 Å². The summed E-state index contributed by atoms with van der Waals surface area (Å²) >= 11 is 0. The second-order valence-corrected chi connectivity index (χ2v) is 6.12. The van der Waals surface area contributed by atoms with Gasteiger partial charge < -0.3 is 19.3 Å². The van der Waals surface area contributed by atoms with Gasteiger partial charge >= 0.3 is 0 Å². The molecule has 1 N–H and O–H groups in total. The molecule has 2 fully saturated rings. The van der Waals surface area contributed by atoms with Crippen molar-refractivity contribution in [2.24, 2.45) is 0 Å². The molecule has 116 valence electrons. The molecule has 3 rings (SSSR count). The Morgan fingerprint density at radius 3 is 2.62 bits per heavy atom. The van der Waals surface area contributed by atoms with Gasteiger partial charge in [-0.2, -0.15) is 0 Å². The topological polar surface area (TPSA) is 60.2 Å². The van der Waals surface area contributed by atoms with Crippen LogP contribution in [-0.2, 0) is 0 Å². The van der Waals surface area contributed by atoms with E-state index in [1.54, 1.807) is 11.0 Å². The Labute approximate surface area is 124 Å². The fourth-order valence-electron chi connectivity index (χ4n) is 3.18. The number of β-amino-alcohol motifs (C(OH)–C–C–N with tert-alkyl or cyclic N) is 1. The number of carbonyl (C=O) groups excluding carboxylic acids is 1. The largest absolute Gasteiger partial charge is 0.459 e. The minimum absolute atomic E-state index is 0.0397. The molecule has 2 aliphatic heterocycles. The molecule has 0 spiro atoms. The Bertz CT molecular complexity index is 508. The molecule has 0 bridgehead atoms. The second kappa shape index (κ2) is 5.79. The van der Waals surface area contributed by atoms with E-state index in [2.05, 4.69) is 16.8 Å². The van der Waals surface area contributed by atoms with Gasteiger partial charge in [-0.1, -0.05) is 0 Å². The lowest BCUT2D eigenvalue weighted by atomic mass is 10.1. The van der Waals surface area contributed by atoms with Crippen LogP contribution in [0.4, 0.5) is 0 Å². The molecule has 6 nitrogen and oxygen atoms in total. The number of nitrogens with zero attached hydrogens (tertiary/aromatic N) is 3. The highest BCUT2D eigenvalue weighted by Crippen LogP contribution is 2.21. The summed E-state index contributed by atoms with van der Waals surface area (Å²) in [5.74, 6) is 0.273. The molecular weight excluding hydrogens is 270 g/mol. The molecule has 21 heavy (non-hydrogen) atoms. The third-order valence-corrected chi connectivity index (χ3v) is 4.61. The first-order valence-corrected chi connectivity index (χ1v) is 7.50. The van der Waals surface area contributed by atoms with E-state index < -0.39 is 6.10 Å². The van der Waals surface area contributed by atoms with E-state index in [-0.39, 0.29) is 11.9 Å². The number of rotatable bonds is 2. The highest BCUT2D eigenvalue weighted by molar-refractivity contribution is 5.93. The summed E-state index contributed by atoms with van der Waals surface area (Å²) in [5.41, 5.74) is 0.845. The van der Waals surface area contributed by atoms with E-state index in [0.29, 0.717) is 18.8 Å². The monoisotopic (exact) mass is 293 g/mol. The lowest BCUT2D eigenvalue weighted by Gasteiger charge is -2.37. The molecule has 1 aromatic heterocycles. The third kappa shape index (κ3) is 2.84. The van der Waals surface area contributed by atoms with Crippen molar-refractivity contribution in [3.63, 3.8) is 0 Å². The molecule has 2 saturated heterocycles. The molecule has 0 saturated carbocycles. The second-order valence-electron chi connectivity index (χ2n) is 6.12. The summed E-state index contributed by atoms with van der Waals surface area (Å²) in [5, 5.41) is 10.3. The summed E-state index contributed by atoms with van der Waals surface area (Å²) < 4.78 is 5.28. The number of piperazine rings is 1. The molecule has 6 heteroatoms. The number of aliphatic hydroxyl groups excluding tert-OH is 1. The zero-order chi connectivity index (χ0) is 15.0. The molecule has 0 aromatic carbocycles. The lowest BCUT2D eigenvalue weighted by Crippen LogP contribution is -2.52. The van der Waals surface area contributed by atoms with Crippen LogP contribution in [0, 0.1) is 6.92 Å². The van der Waals surface area contributed by atoms with Crippen LogP contribution in [0.2, 0.25) is 0 Å². The minimum atomic E-state index is -0.479. The Morgan fingerprint density at radius 1 is 1.29 bits per heavy atom. The van der Waals surface area contributed by atoms with Gasteiger partial charge in [0.15, 0.2) is 5.76 Å². The summed E-state index contributed by atoms with van der Waals surface area (Å²) in [4.78, 5) is 18.7. The van der Waals surface area contributed by atoms with Crippen molar-refractivity contribution < 1.29 is 14.3 Å². The highest BCUT2D eigenvalue weighted by atomic mass is 16.3. The fourth-order valence-corrected chi connectivity index (χ4v) is 3.18. The van der Waals surface area contributed by atoms with Crippen molar-refractivity contribution in [2.75, 3.05) is 46.3 Å². The Morgan fingerprint density at radius 2 is 2.00 bits per heavy atom. The van der Waals surface area contributed by atoms with E-state index >= 15 is 0 Å². The fraction of sp³-hybridized carbons (Fsp3) is 0.667. The number of amides is 1. The van der Waals surface area contributed by atoms with E-state index in [4.69, 9.17) is 4.42 Å². The molecule has 2 aliphatic rings. The summed E-state index contributed by atoms with van der Waals surface area (Å²) in [6, 6.07) is 1.83. The number of hydrogen-bond acceptors (Lipinski definition) is 5. The molecule has 0 radical (unpaired) electrons. The maximum absolute atomic E-state index is 12.4. The van der Waals surface area contributed by atoms with Gasteiger partial charge in [0.1, 0.15) is 0 Å². The average molecular weight is 293 g/mol.